The van der Waals surface area contributed by atoms with E-state index in [-0.39, 0.29) is 43.2 Å². The van der Waals surface area contributed by atoms with Crippen LogP contribution in [0, 0.1) is 22.7 Å². The molecule has 2 heterocycles. The highest BCUT2D eigenvalue weighted by Crippen LogP contribution is 2.75. The first-order valence-corrected chi connectivity index (χ1v) is 14.0. The van der Waals surface area contributed by atoms with E-state index in [1.807, 2.05) is 6.92 Å². The minimum atomic E-state index is -2.17. The third kappa shape index (κ3) is 2.74. The van der Waals surface area contributed by atoms with Crippen LogP contribution in [0.3, 0.4) is 0 Å². The smallest absolute Gasteiger partial charge is 0.334 e. The zero-order chi connectivity index (χ0) is 27.8. The second kappa shape index (κ2) is 7.68. The molecule has 9 nitrogen and oxygen atoms in total. The van der Waals surface area contributed by atoms with Crippen LogP contribution in [0.1, 0.15) is 79.6 Å². The van der Waals surface area contributed by atoms with Crippen molar-refractivity contribution in [3.63, 3.8) is 0 Å². The lowest BCUT2D eigenvalue weighted by atomic mass is 9.42. The van der Waals surface area contributed by atoms with Crippen molar-refractivity contribution in [2.45, 2.75) is 126 Å². The Labute approximate surface area is 223 Å². The average Bonchev–Trinajstić information content (AvgIpc) is 3.53. The Bertz CT molecular complexity index is 1130. The molecule has 0 unspecified atom stereocenters. The molecule has 6 aliphatic rings. The van der Waals surface area contributed by atoms with E-state index in [1.54, 1.807) is 27.9 Å². The zero-order valence-corrected chi connectivity index (χ0v) is 23.2. The number of hydrogen-bond acceptors (Lipinski definition) is 9. The Morgan fingerprint density at radius 3 is 2.39 bits per heavy atom. The first kappa shape index (κ1) is 26.8. The lowest BCUT2D eigenvalue weighted by Crippen LogP contribution is -2.75. The molecule has 212 valence electrons. The second-order valence-electron chi connectivity index (χ2n) is 13.8. The average molecular weight is 535 g/mol. The molecule has 1 spiro atoms. The standard InChI is InChI=1S/C29H42O9/c1-14-9-21(37-23(32)15(14)2)26(5,33)29(35)20(31)13-27(34)18-11-22-28(38-22)12-16(36-6)10-19(30)25(28,4)17(18)7-8-24(27,29)3/h16-18,20-22,31,33-35H,7-13H2,1-6H3/t16-,17-,18+,20-,21+,22+,24-,25-,26+,27+,28+,29-/m0/s1. The SMILES string of the molecule is CO[C@H]1CC(=O)[C@]2(C)[C@H]3CC[C@]4(C)[C@](O)([C@](C)(O)[C@H]5CC(C)=C(C)C(=O)O5)[C@@H](O)C[C@@]4(O)[C@@H]3C[C@H]3O[C@]32C1. The molecule has 6 rings (SSSR count). The topological polar surface area (TPSA) is 146 Å². The maximum Gasteiger partial charge on any atom is 0.334 e. The van der Waals surface area contributed by atoms with Crippen LogP contribution < -0.4 is 0 Å². The van der Waals surface area contributed by atoms with Crippen LogP contribution in [0.4, 0.5) is 0 Å². The van der Waals surface area contributed by atoms with Crippen molar-refractivity contribution in [3.8, 4) is 0 Å². The predicted octanol–water partition coefficient (Wildman–Crippen LogP) is 1.57. The van der Waals surface area contributed by atoms with E-state index in [2.05, 4.69) is 0 Å². The minimum Gasteiger partial charge on any atom is -0.455 e. The van der Waals surface area contributed by atoms with Crippen LogP contribution in [0.5, 0.6) is 0 Å². The van der Waals surface area contributed by atoms with E-state index in [4.69, 9.17) is 14.2 Å². The lowest BCUT2D eigenvalue weighted by Gasteiger charge is -2.63. The number of Topliss-reactive ketones (excluding diaryl/α,β-unsaturated/α-hetero) is 1. The molecule has 0 aromatic heterocycles. The van der Waals surface area contributed by atoms with Gasteiger partial charge >= 0.3 is 5.97 Å². The summed E-state index contributed by atoms with van der Waals surface area (Å²) in [4.78, 5) is 26.2. The predicted molar refractivity (Wildman–Crippen MR) is 134 cm³/mol. The van der Waals surface area contributed by atoms with Gasteiger partial charge in [0.25, 0.3) is 0 Å². The van der Waals surface area contributed by atoms with Gasteiger partial charge < -0.3 is 34.6 Å². The first-order chi connectivity index (χ1) is 17.5. The van der Waals surface area contributed by atoms with E-state index >= 15 is 0 Å². The van der Waals surface area contributed by atoms with Gasteiger partial charge in [0.1, 0.15) is 28.7 Å². The Kier molecular flexibility index (Phi) is 5.42. The first-order valence-electron chi connectivity index (χ1n) is 14.0. The van der Waals surface area contributed by atoms with Gasteiger partial charge in [-0.15, -0.1) is 0 Å². The molecule has 4 aliphatic carbocycles. The number of epoxide rings is 1. The monoisotopic (exact) mass is 534 g/mol. The second-order valence-corrected chi connectivity index (χ2v) is 13.8. The largest absolute Gasteiger partial charge is 0.455 e. The zero-order valence-electron chi connectivity index (χ0n) is 23.2. The van der Waals surface area contributed by atoms with Crippen LogP contribution in [0.15, 0.2) is 11.1 Å². The molecule has 1 saturated heterocycles. The summed E-state index contributed by atoms with van der Waals surface area (Å²) in [5.74, 6) is -1.11. The maximum atomic E-state index is 13.7. The summed E-state index contributed by atoms with van der Waals surface area (Å²) in [5.41, 5.74) is -7.33. The molecule has 2 aliphatic heterocycles. The summed E-state index contributed by atoms with van der Waals surface area (Å²) in [6, 6.07) is 0. The summed E-state index contributed by atoms with van der Waals surface area (Å²) in [5, 5.41) is 48.4. The number of esters is 1. The van der Waals surface area contributed by atoms with Crippen molar-refractivity contribution in [2.75, 3.05) is 7.11 Å². The fourth-order valence-electron chi connectivity index (χ4n) is 9.97. The van der Waals surface area contributed by atoms with E-state index < -0.39 is 57.3 Å². The third-order valence-electron chi connectivity index (χ3n) is 12.7. The molecule has 0 amide bonds. The number of carbonyl (C=O) groups is 2. The Morgan fingerprint density at radius 1 is 1.08 bits per heavy atom. The molecule has 9 heteroatoms. The summed E-state index contributed by atoms with van der Waals surface area (Å²) < 4.78 is 17.5. The number of aliphatic hydroxyl groups excluding tert-OH is 1. The number of ether oxygens (including phenoxy) is 3. The highest BCUT2D eigenvalue weighted by atomic mass is 16.6. The van der Waals surface area contributed by atoms with Crippen molar-refractivity contribution in [3.05, 3.63) is 11.1 Å². The fraction of sp³-hybridized carbons (Fsp3) is 0.862. The van der Waals surface area contributed by atoms with Crippen LogP contribution in [-0.4, -0.2) is 86.1 Å². The van der Waals surface area contributed by atoms with Gasteiger partial charge in [-0.2, -0.15) is 0 Å². The van der Waals surface area contributed by atoms with Crippen molar-refractivity contribution in [1.29, 1.82) is 0 Å². The van der Waals surface area contributed by atoms with Crippen LogP contribution in [0.25, 0.3) is 0 Å². The summed E-state index contributed by atoms with van der Waals surface area (Å²) >= 11 is 0. The highest BCUT2D eigenvalue weighted by Gasteiger charge is 2.85. The number of cyclic esters (lactones) is 1. The van der Waals surface area contributed by atoms with Gasteiger partial charge in [0.2, 0.25) is 0 Å². The normalized spacial score (nSPS) is 55.3. The Morgan fingerprint density at radius 2 is 1.76 bits per heavy atom. The van der Waals surface area contributed by atoms with E-state index in [1.165, 1.54) is 6.92 Å². The highest BCUT2D eigenvalue weighted by molar-refractivity contribution is 5.90. The quantitative estimate of drug-likeness (QED) is 0.313. The van der Waals surface area contributed by atoms with Crippen LogP contribution in [-0.2, 0) is 23.8 Å². The number of carbonyl (C=O) groups excluding carboxylic acids is 2. The number of methoxy groups -OCH3 is 1. The van der Waals surface area contributed by atoms with Gasteiger partial charge in [-0.25, -0.2) is 4.79 Å². The van der Waals surface area contributed by atoms with Crippen molar-refractivity contribution >= 4 is 11.8 Å². The molecule has 0 aromatic carbocycles. The molecule has 38 heavy (non-hydrogen) atoms. The molecule has 0 aromatic rings. The van der Waals surface area contributed by atoms with Crippen LogP contribution >= 0.6 is 0 Å². The molecule has 0 bridgehead atoms. The molecule has 12 atom stereocenters. The van der Waals surface area contributed by atoms with Gasteiger partial charge in [0.05, 0.1) is 29.3 Å². The van der Waals surface area contributed by atoms with E-state index in [0.717, 1.165) is 5.57 Å². The van der Waals surface area contributed by atoms with Gasteiger partial charge in [0.15, 0.2) is 0 Å². The summed E-state index contributed by atoms with van der Waals surface area (Å²) in [6.07, 6.45) is -0.690. The van der Waals surface area contributed by atoms with Crippen molar-refractivity contribution < 1.29 is 44.2 Å². The molecule has 5 fully saturated rings. The lowest BCUT2D eigenvalue weighted by molar-refractivity contribution is -0.296. The molecule has 4 saturated carbocycles. The number of fused-ring (bicyclic) bond motifs is 4. The van der Waals surface area contributed by atoms with Crippen molar-refractivity contribution in [2.24, 2.45) is 22.7 Å². The fourth-order valence-corrected chi connectivity index (χ4v) is 9.97. The minimum absolute atomic E-state index is 0.0764. The molecular weight excluding hydrogens is 492 g/mol. The Balaban J connectivity index is 1.39. The van der Waals surface area contributed by atoms with Crippen LogP contribution in [0.2, 0.25) is 0 Å². The number of rotatable bonds is 3. The van der Waals surface area contributed by atoms with Gasteiger partial charge in [-0.05, 0) is 58.8 Å². The Hall–Kier alpha value is -1.36. The summed E-state index contributed by atoms with van der Waals surface area (Å²) in [6.45, 7) is 8.55. The number of hydrogen-bond donors (Lipinski definition) is 4. The summed E-state index contributed by atoms with van der Waals surface area (Å²) in [7, 11) is 1.61. The van der Waals surface area contributed by atoms with Gasteiger partial charge in [0, 0.05) is 43.8 Å². The van der Waals surface area contributed by atoms with Crippen molar-refractivity contribution in [1.82, 2.24) is 0 Å². The number of aliphatic hydroxyl groups is 4. The molecule has 4 N–H and O–H groups in total. The van der Waals surface area contributed by atoms with Gasteiger partial charge in [-0.1, -0.05) is 12.5 Å². The van der Waals surface area contributed by atoms with E-state index in [9.17, 15) is 30.0 Å². The number of ketones is 1. The van der Waals surface area contributed by atoms with Gasteiger partial charge in [-0.3, -0.25) is 4.79 Å². The maximum absolute atomic E-state index is 13.7. The third-order valence-corrected chi connectivity index (χ3v) is 12.7. The molecular formula is C29H42O9. The molecule has 0 radical (unpaired) electrons. The van der Waals surface area contributed by atoms with E-state index in [0.29, 0.717) is 31.3 Å².